The van der Waals surface area contributed by atoms with E-state index in [2.05, 4.69) is 73.4 Å². The van der Waals surface area contributed by atoms with Crippen molar-refractivity contribution in [1.82, 2.24) is 10.2 Å². The average Bonchev–Trinajstić information content (AvgIpc) is 2.95. The van der Waals surface area contributed by atoms with Gasteiger partial charge in [0, 0.05) is 32.1 Å². The van der Waals surface area contributed by atoms with E-state index in [-0.39, 0.29) is 17.3 Å². The quantitative estimate of drug-likeness (QED) is 0.309. The van der Waals surface area contributed by atoms with E-state index in [0.717, 1.165) is 38.2 Å². The maximum Gasteiger partial charge on any atom is 0.128 e. The van der Waals surface area contributed by atoms with Crippen molar-refractivity contribution in [3.63, 3.8) is 0 Å². The summed E-state index contributed by atoms with van der Waals surface area (Å²) in [6.45, 7) is 13.5. The summed E-state index contributed by atoms with van der Waals surface area (Å²) in [7, 11) is 3.97. The third-order valence-electron chi connectivity index (χ3n) is 7.58. The van der Waals surface area contributed by atoms with Gasteiger partial charge in [0.15, 0.2) is 0 Å². The van der Waals surface area contributed by atoms with Crippen LogP contribution in [0.15, 0.2) is 59.6 Å². The van der Waals surface area contributed by atoms with Gasteiger partial charge in [0.25, 0.3) is 0 Å². The molecule has 0 aromatic heterocycles. The van der Waals surface area contributed by atoms with Crippen LogP contribution in [0.25, 0.3) is 5.57 Å². The minimum atomic E-state index is -0.207. The number of likely N-dealkylation sites (N-methyl/N-ethyl adjacent to an activating group) is 1. The monoisotopic (exact) mass is 538 g/mol. The summed E-state index contributed by atoms with van der Waals surface area (Å²) >= 11 is 0. The van der Waals surface area contributed by atoms with Crippen LogP contribution in [-0.4, -0.2) is 58.0 Å². The van der Waals surface area contributed by atoms with E-state index in [0.29, 0.717) is 24.4 Å². The summed E-state index contributed by atoms with van der Waals surface area (Å²) in [6, 6.07) is 15.8. The Morgan fingerprint density at radius 1 is 1.13 bits per heavy atom. The molecule has 3 N–H and O–H groups in total. The van der Waals surface area contributed by atoms with E-state index in [4.69, 9.17) is 15.3 Å². The van der Waals surface area contributed by atoms with E-state index >= 15 is 0 Å². The summed E-state index contributed by atoms with van der Waals surface area (Å²) in [5.41, 5.74) is 10.7. The van der Waals surface area contributed by atoms with Gasteiger partial charge in [0.05, 0.1) is 11.9 Å². The van der Waals surface area contributed by atoms with Gasteiger partial charge in [0.1, 0.15) is 19.4 Å². The summed E-state index contributed by atoms with van der Waals surface area (Å²) in [4.78, 5) is 22.9. The minimum absolute atomic E-state index is 0.0134. The van der Waals surface area contributed by atoms with Crippen molar-refractivity contribution in [2.75, 3.05) is 33.7 Å². The van der Waals surface area contributed by atoms with Crippen molar-refractivity contribution in [3.8, 4) is 0 Å². The third kappa shape index (κ3) is 10.5. The molecular weight excluding hydrogens is 491 g/mol. The Balaban J connectivity index is 0.00000181. The van der Waals surface area contributed by atoms with Crippen LogP contribution < -0.4 is 11.1 Å². The standard InChI is InChI=1S/C30H43FN4.2CH2O/c1-22(20-23-10-12-24(13-11-23)25-15-18-35(5)19-16-25)30(2,3)21-29(33-4)34-28(14-17-32)26-8-6-7-9-27(26)31;2*1-2/h6-13,15,22,28H,14,16-21,32H2,1-5H3,(H,33,34);2*1H2/t22?,28-;;/m0../s1. The van der Waals surface area contributed by atoms with Gasteiger partial charge in [-0.1, -0.05) is 69.3 Å². The van der Waals surface area contributed by atoms with Crippen LogP contribution in [0, 0.1) is 17.2 Å². The topological polar surface area (TPSA) is 87.8 Å². The zero-order valence-corrected chi connectivity index (χ0v) is 24.4. The fourth-order valence-electron chi connectivity index (χ4n) is 4.75. The summed E-state index contributed by atoms with van der Waals surface area (Å²) in [5.74, 6) is 1.13. The second-order valence-electron chi connectivity index (χ2n) is 10.7. The highest BCUT2D eigenvalue weighted by atomic mass is 19.1. The molecule has 1 unspecified atom stereocenters. The van der Waals surface area contributed by atoms with Gasteiger partial charge in [-0.15, -0.1) is 0 Å². The highest BCUT2D eigenvalue weighted by Crippen LogP contribution is 2.34. The number of halogens is 1. The van der Waals surface area contributed by atoms with E-state index in [1.165, 1.54) is 22.8 Å². The lowest BCUT2D eigenvalue weighted by Gasteiger charge is -2.34. The molecule has 39 heavy (non-hydrogen) atoms. The fraction of sp³-hybridized carbons (Fsp3) is 0.469. The smallest absolute Gasteiger partial charge is 0.128 e. The first-order chi connectivity index (χ1) is 18.7. The molecule has 1 aliphatic rings. The first kappa shape index (κ1) is 33.9. The molecule has 3 rings (SSSR count). The maximum atomic E-state index is 14.5. The second kappa shape index (κ2) is 17.4. The average molecular weight is 539 g/mol. The second-order valence-corrected chi connectivity index (χ2v) is 10.7. The fourth-order valence-corrected chi connectivity index (χ4v) is 4.75. The Labute approximate surface area is 234 Å². The molecular formula is C32H47FN4O2. The SMILES string of the molecule is C=O.C=O.CN=C(CC(C)(C)C(C)Cc1ccc(C2=CCN(C)CC2)cc1)N[C@@H](CCN)c1ccccc1F. The number of amidine groups is 1. The number of aliphatic imine (C=N–C) groups is 1. The van der Waals surface area contributed by atoms with Crippen molar-refractivity contribution in [1.29, 1.82) is 0 Å². The number of hydrogen-bond acceptors (Lipinski definition) is 5. The van der Waals surface area contributed by atoms with Crippen molar-refractivity contribution in [2.45, 2.75) is 52.5 Å². The van der Waals surface area contributed by atoms with E-state index in [1.54, 1.807) is 13.1 Å². The largest absolute Gasteiger partial charge is 0.367 e. The Hall–Kier alpha value is -3.16. The van der Waals surface area contributed by atoms with Gasteiger partial charge in [0.2, 0.25) is 0 Å². The van der Waals surface area contributed by atoms with Crippen molar-refractivity contribution in [3.05, 3.63) is 77.1 Å². The van der Waals surface area contributed by atoms with Crippen LogP contribution in [0.2, 0.25) is 0 Å². The highest BCUT2D eigenvalue weighted by molar-refractivity contribution is 5.83. The van der Waals surface area contributed by atoms with Gasteiger partial charge < -0.3 is 25.5 Å². The number of nitrogens with zero attached hydrogens (tertiary/aromatic N) is 2. The number of rotatable bonds is 10. The maximum absolute atomic E-state index is 14.5. The summed E-state index contributed by atoms with van der Waals surface area (Å²) < 4.78 is 14.5. The van der Waals surface area contributed by atoms with Crippen LogP contribution in [0.3, 0.4) is 0 Å². The molecule has 214 valence electrons. The Bertz CT molecular complexity index is 1050. The van der Waals surface area contributed by atoms with Crippen molar-refractivity contribution >= 4 is 25.0 Å². The number of carbonyl (C=O) groups is 2. The number of carbonyl (C=O) groups excluding carboxylic acids is 2. The molecule has 0 amide bonds. The molecule has 0 fully saturated rings. The van der Waals surface area contributed by atoms with Crippen LogP contribution in [0.1, 0.15) is 62.8 Å². The molecule has 0 aliphatic carbocycles. The molecule has 0 saturated carbocycles. The lowest BCUT2D eigenvalue weighted by molar-refractivity contribution is -0.0987. The van der Waals surface area contributed by atoms with Crippen LogP contribution in [-0.2, 0) is 16.0 Å². The number of hydrogen-bond donors (Lipinski definition) is 2. The third-order valence-corrected chi connectivity index (χ3v) is 7.58. The van der Waals surface area contributed by atoms with Crippen LogP contribution in [0.5, 0.6) is 0 Å². The van der Waals surface area contributed by atoms with Gasteiger partial charge in [-0.2, -0.15) is 0 Å². The van der Waals surface area contributed by atoms with E-state index in [1.807, 2.05) is 25.7 Å². The Morgan fingerprint density at radius 3 is 2.31 bits per heavy atom. The number of benzene rings is 2. The number of nitrogens with one attached hydrogen (secondary N) is 1. The lowest BCUT2D eigenvalue weighted by Crippen LogP contribution is -2.36. The summed E-state index contributed by atoms with van der Waals surface area (Å²) in [6.07, 6.45) is 5.91. The Kier molecular flexibility index (Phi) is 15.1. The molecule has 7 heteroatoms. The normalized spacial score (nSPS) is 15.6. The molecule has 0 saturated heterocycles. The van der Waals surface area contributed by atoms with Crippen molar-refractivity contribution < 1.29 is 14.0 Å². The lowest BCUT2D eigenvalue weighted by atomic mass is 9.74. The Morgan fingerprint density at radius 2 is 1.77 bits per heavy atom. The van der Waals surface area contributed by atoms with E-state index in [9.17, 15) is 4.39 Å². The zero-order valence-electron chi connectivity index (χ0n) is 24.4. The molecule has 1 aliphatic heterocycles. The molecule has 2 aromatic carbocycles. The first-order valence-electron chi connectivity index (χ1n) is 13.4. The van der Waals surface area contributed by atoms with Gasteiger partial charge in [-0.25, -0.2) is 4.39 Å². The predicted octanol–water partition coefficient (Wildman–Crippen LogP) is 5.48. The molecule has 0 spiro atoms. The van der Waals surface area contributed by atoms with Crippen LogP contribution in [0.4, 0.5) is 4.39 Å². The van der Waals surface area contributed by atoms with Crippen molar-refractivity contribution in [2.24, 2.45) is 22.1 Å². The molecule has 0 bridgehead atoms. The molecule has 2 aromatic rings. The molecule has 0 radical (unpaired) electrons. The molecule has 1 heterocycles. The predicted molar refractivity (Wildman–Crippen MR) is 161 cm³/mol. The highest BCUT2D eigenvalue weighted by Gasteiger charge is 2.29. The van der Waals surface area contributed by atoms with Gasteiger partial charge in [-0.3, -0.25) is 4.99 Å². The summed E-state index contributed by atoms with van der Waals surface area (Å²) in [5, 5.41) is 3.50. The van der Waals surface area contributed by atoms with Gasteiger partial charge >= 0.3 is 0 Å². The van der Waals surface area contributed by atoms with Gasteiger partial charge in [-0.05, 0) is 67.0 Å². The molecule has 6 nitrogen and oxygen atoms in total. The number of nitrogens with two attached hydrogens (primary N) is 1. The first-order valence-corrected chi connectivity index (χ1v) is 13.4. The molecule has 2 atom stereocenters. The van der Waals surface area contributed by atoms with E-state index < -0.39 is 0 Å². The zero-order chi connectivity index (χ0) is 29.4. The van der Waals surface area contributed by atoms with Crippen LogP contribution >= 0.6 is 0 Å². The minimum Gasteiger partial charge on any atom is -0.367 e.